The van der Waals surface area contributed by atoms with Gasteiger partial charge >= 0.3 is 6.03 Å². The van der Waals surface area contributed by atoms with Crippen LogP contribution in [0.4, 0.5) is 10.5 Å². The van der Waals surface area contributed by atoms with Crippen molar-refractivity contribution in [2.24, 2.45) is 0 Å². The SMILES string of the molecule is O=C1CN(c2ccc(CNC(=O)NCc3cccs3)cc2)CCN1. The van der Waals surface area contributed by atoms with Gasteiger partial charge in [-0.2, -0.15) is 0 Å². The second kappa shape index (κ2) is 7.83. The quantitative estimate of drug-likeness (QED) is 0.773. The first-order valence-corrected chi connectivity index (χ1v) is 8.73. The number of carbonyl (C=O) groups excluding carboxylic acids is 2. The molecule has 1 aromatic heterocycles. The molecule has 0 saturated carbocycles. The minimum absolute atomic E-state index is 0.0504. The van der Waals surface area contributed by atoms with Crippen LogP contribution in [0.1, 0.15) is 10.4 Å². The first kappa shape index (κ1) is 16.3. The van der Waals surface area contributed by atoms with Crippen molar-refractivity contribution in [3.63, 3.8) is 0 Å². The summed E-state index contributed by atoms with van der Waals surface area (Å²) in [6.07, 6.45) is 0. The molecule has 1 aliphatic rings. The molecule has 1 saturated heterocycles. The number of thiophene rings is 1. The van der Waals surface area contributed by atoms with Gasteiger partial charge in [-0.15, -0.1) is 11.3 Å². The van der Waals surface area contributed by atoms with Crippen LogP contribution in [0.3, 0.4) is 0 Å². The summed E-state index contributed by atoms with van der Waals surface area (Å²) in [6.45, 7) is 2.89. The Morgan fingerprint density at radius 1 is 1.17 bits per heavy atom. The molecule has 3 N–H and O–H groups in total. The van der Waals surface area contributed by atoms with E-state index in [9.17, 15) is 9.59 Å². The fourth-order valence-electron chi connectivity index (χ4n) is 2.51. The van der Waals surface area contributed by atoms with Crippen molar-refractivity contribution >= 4 is 29.0 Å². The third kappa shape index (κ3) is 4.48. The lowest BCUT2D eigenvalue weighted by molar-refractivity contribution is -0.120. The smallest absolute Gasteiger partial charge is 0.315 e. The molecule has 6 nitrogen and oxygen atoms in total. The molecule has 24 heavy (non-hydrogen) atoms. The minimum Gasteiger partial charge on any atom is -0.360 e. The highest BCUT2D eigenvalue weighted by Crippen LogP contribution is 2.16. The van der Waals surface area contributed by atoms with Crippen LogP contribution < -0.4 is 20.9 Å². The maximum absolute atomic E-state index is 11.8. The molecule has 7 heteroatoms. The van der Waals surface area contributed by atoms with Crippen molar-refractivity contribution < 1.29 is 9.59 Å². The van der Waals surface area contributed by atoms with Gasteiger partial charge in [0.15, 0.2) is 0 Å². The third-order valence-electron chi connectivity index (χ3n) is 3.80. The minimum atomic E-state index is -0.180. The van der Waals surface area contributed by atoms with Gasteiger partial charge < -0.3 is 20.9 Å². The number of piperazine rings is 1. The van der Waals surface area contributed by atoms with Crippen LogP contribution in [-0.4, -0.2) is 31.6 Å². The molecule has 0 aliphatic carbocycles. The Labute approximate surface area is 144 Å². The Morgan fingerprint density at radius 2 is 1.96 bits per heavy atom. The summed E-state index contributed by atoms with van der Waals surface area (Å²) in [7, 11) is 0. The van der Waals surface area contributed by atoms with Crippen molar-refractivity contribution in [1.29, 1.82) is 0 Å². The van der Waals surface area contributed by atoms with Gasteiger partial charge in [0, 0.05) is 30.2 Å². The summed E-state index contributed by atoms with van der Waals surface area (Å²) < 4.78 is 0. The van der Waals surface area contributed by atoms with E-state index < -0.39 is 0 Å². The van der Waals surface area contributed by atoms with E-state index in [-0.39, 0.29) is 11.9 Å². The number of rotatable bonds is 5. The van der Waals surface area contributed by atoms with Crippen LogP contribution in [-0.2, 0) is 17.9 Å². The van der Waals surface area contributed by atoms with Crippen LogP contribution in [0.15, 0.2) is 41.8 Å². The topological polar surface area (TPSA) is 73.5 Å². The highest BCUT2D eigenvalue weighted by Gasteiger charge is 2.16. The van der Waals surface area contributed by atoms with Crippen LogP contribution in [0, 0.1) is 0 Å². The second-order valence-electron chi connectivity index (χ2n) is 5.55. The van der Waals surface area contributed by atoms with Gasteiger partial charge in [-0.05, 0) is 29.1 Å². The van der Waals surface area contributed by atoms with Crippen LogP contribution in [0.2, 0.25) is 0 Å². The molecule has 0 bridgehead atoms. The molecular formula is C17H20N4O2S. The maximum atomic E-state index is 11.8. The lowest BCUT2D eigenvalue weighted by atomic mass is 10.2. The van der Waals surface area contributed by atoms with E-state index in [4.69, 9.17) is 0 Å². The fourth-order valence-corrected chi connectivity index (χ4v) is 3.15. The van der Waals surface area contributed by atoms with E-state index in [0.717, 1.165) is 22.7 Å². The van der Waals surface area contributed by atoms with Gasteiger partial charge in [-0.25, -0.2) is 4.79 Å². The Balaban J connectivity index is 1.45. The number of urea groups is 1. The molecular weight excluding hydrogens is 324 g/mol. The third-order valence-corrected chi connectivity index (χ3v) is 4.67. The Kier molecular flexibility index (Phi) is 5.32. The number of amides is 3. The summed E-state index contributed by atoms with van der Waals surface area (Å²) in [5.41, 5.74) is 2.04. The van der Waals surface area contributed by atoms with E-state index in [0.29, 0.717) is 26.2 Å². The van der Waals surface area contributed by atoms with E-state index >= 15 is 0 Å². The number of carbonyl (C=O) groups is 2. The summed E-state index contributed by atoms with van der Waals surface area (Å²) >= 11 is 1.62. The maximum Gasteiger partial charge on any atom is 0.315 e. The zero-order valence-electron chi connectivity index (χ0n) is 13.2. The summed E-state index contributed by atoms with van der Waals surface area (Å²) in [5, 5.41) is 10.5. The number of benzene rings is 1. The monoisotopic (exact) mass is 344 g/mol. The van der Waals surface area contributed by atoms with Gasteiger partial charge in [0.25, 0.3) is 0 Å². The summed E-state index contributed by atoms with van der Waals surface area (Å²) in [4.78, 5) is 26.4. The second-order valence-corrected chi connectivity index (χ2v) is 6.59. The Bertz CT molecular complexity index is 685. The molecule has 0 atom stereocenters. The number of hydrogen-bond donors (Lipinski definition) is 3. The first-order chi connectivity index (χ1) is 11.7. The lowest BCUT2D eigenvalue weighted by Crippen LogP contribution is -2.47. The molecule has 126 valence electrons. The highest BCUT2D eigenvalue weighted by atomic mass is 32.1. The van der Waals surface area contributed by atoms with Crippen molar-refractivity contribution in [3.8, 4) is 0 Å². The number of nitrogens with one attached hydrogen (secondary N) is 3. The number of hydrogen-bond acceptors (Lipinski definition) is 4. The normalized spacial score (nSPS) is 14.2. The number of anilines is 1. The van der Waals surface area contributed by atoms with Gasteiger partial charge in [-0.3, -0.25) is 4.79 Å². The lowest BCUT2D eigenvalue weighted by Gasteiger charge is -2.28. The summed E-state index contributed by atoms with van der Waals surface area (Å²) in [5.74, 6) is 0.0504. The number of nitrogens with zero attached hydrogens (tertiary/aromatic N) is 1. The predicted octanol–water partition coefficient (Wildman–Crippen LogP) is 1.68. The van der Waals surface area contributed by atoms with Gasteiger partial charge in [0.2, 0.25) is 5.91 Å². The van der Waals surface area contributed by atoms with Crippen molar-refractivity contribution in [1.82, 2.24) is 16.0 Å². The zero-order valence-corrected chi connectivity index (χ0v) is 14.1. The van der Waals surface area contributed by atoms with Crippen LogP contribution in [0.25, 0.3) is 0 Å². The molecule has 1 aliphatic heterocycles. The van der Waals surface area contributed by atoms with Crippen LogP contribution in [0.5, 0.6) is 0 Å². The van der Waals surface area contributed by atoms with Crippen molar-refractivity contribution in [2.75, 3.05) is 24.5 Å². The molecule has 3 amide bonds. The van der Waals surface area contributed by atoms with E-state index in [1.54, 1.807) is 11.3 Å². The largest absolute Gasteiger partial charge is 0.360 e. The Hall–Kier alpha value is -2.54. The molecule has 0 radical (unpaired) electrons. The molecule has 0 spiro atoms. The zero-order chi connectivity index (χ0) is 16.8. The highest BCUT2D eigenvalue weighted by molar-refractivity contribution is 7.09. The molecule has 1 aromatic carbocycles. The first-order valence-electron chi connectivity index (χ1n) is 7.85. The van der Waals surface area contributed by atoms with E-state index in [1.165, 1.54) is 0 Å². The van der Waals surface area contributed by atoms with Crippen molar-refractivity contribution in [3.05, 3.63) is 52.2 Å². The summed E-state index contributed by atoms with van der Waals surface area (Å²) in [6, 6.07) is 11.7. The van der Waals surface area contributed by atoms with E-state index in [2.05, 4.69) is 16.0 Å². The molecule has 1 fully saturated rings. The van der Waals surface area contributed by atoms with Gasteiger partial charge in [-0.1, -0.05) is 18.2 Å². The average molecular weight is 344 g/mol. The van der Waals surface area contributed by atoms with Gasteiger partial charge in [0.1, 0.15) is 0 Å². The molecule has 2 aromatic rings. The fraction of sp³-hybridized carbons (Fsp3) is 0.294. The average Bonchev–Trinajstić information content (AvgIpc) is 3.12. The standard InChI is InChI=1S/C17H20N4O2S/c22-16-12-21(8-7-18-16)14-5-3-13(4-6-14)10-19-17(23)20-11-15-2-1-9-24-15/h1-6,9H,7-8,10-12H2,(H,18,22)(H2,19,20,23). The predicted molar refractivity (Wildman–Crippen MR) is 95.1 cm³/mol. The van der Waals surface area contributed by atoms with Gasteiger partial charge in [0.05, 0.1) is 13.1 Å². The Morgan fingerprint density at radius 3 is 2.67 bits per heavy atom. The van der Waals surface area contributed by atoms with E-state index in [1.807, 2.05) is 46.7 Å². The molecule has 3 rings (SSSR count). The van der Waals surface area contributed by atoms with Crippen molar-refractivity contribution in [2.45, 2.75) is 13.1 Å². The molecule has 2 heterocycles. The van der Waals surface area contributed by atoms with Crippen LogP contribution >= 0.6 is 11.3 Å². The molecule has 0 unspecified atom stereocenters.